The number of fused-ring (bicyclic) bond motifs is 1. The molecule has 0 fully saturated rings. The molecular weight excluding hydrogens is 462 g/mol. The Kier molecular flexibility index (Phi) is 8.44. The topological polar surface area (TPSA) is 68.5 Å². The number of benzene rings is 3. The molecule has 1 heterocycles. The Morgan fingerprint density at radius 2 is 1.65 bits per heavy atom. The maximum atomic E-state index is 13.4. The first kappa shape index (κ1) is 26.2. The fraction of sp³-hybridized carbons (Fsp3) is 0.312. The van der Waals surface area contributed by atoms with Gasteiger partial charge in [0, 0.05) is 41.2 Å². The van der Waals surface area contributed by atoms with Crippen LogP contribution < -0.4 is 4.74 Å². The summed E-state index contributed by atoms with van der Waals surface area (Å²) in [7, 11) is 0. The summed E-state index contributed by atoms with van der Waals surface area (Å²) < 4.78 is 8.26. The first-order valence-corrected chi connectivity index (χ1v) is 13.1. The van der Waals surface area contributed by atoms with Crippen molar-refractivity contribution in [3.63, 3.8) is 0 Å². The zero-order chi connectivity index (χ0) is 26.4. The molecule has 1 unspecified atom stereocenters. The Bertz CT molecular complexity index is 1350. The highest BCUT2D eigenvalue weighted by Crippen LogP contribution is 2.28. The number of nitrogens with zero attached hydrogens (tertiary/aromatic N) is 1. The molecule has 0 saturated heterocycles. The summed E-state index contributed by atoms with van der Waals surface area (Å²) >= 11 is 0. The van der Waals surface area contributed by atoms with E-state index in [0.29, 0.717) is 30.0 Å². The normalized spacial score (nSPS) is 12.1. The molecule has 1 N–H and O–H groups in total. The monoisotopic (exact) mass is 497 g/mol. The zero-order valence-electron chi connectivity index (χ0n) is 21.8. The molecule has 0 spiro atoms. The Labute approximate surface area is 218 Å². The van der Waals surface area contributed by atoms with E-state index < -0.39 is 5.97 Å². The number of rotatable bonds is 12. The van der Waals surface area contributed by atoms with Crippen molar-refractivity contribution in [2.45, 2.75) is 59.1 Å². The minimum Gasteiger partial charge on any atom is -0.486 e. The molecule has 0 aliphatic heterocycles. The molecule has 0 saturated carbocycles. The molecule has 4 aromatic rings. The molecule has 0 bridgehead atoms. The number of aliphatic carboxylic acids is 1. The smallest absolute Gasteiger partial charge is 0.303 e. The number of hydrogen-bond donors (Lipinski definition) is 1. The van der Waals surface area contributed by atoms with Crippen molar-refractivity contribution in [3.8, 4) is 5.75 Å². The van der Waals surface area contributed by atoms with E-state index in [2.05, 4.69) is 45.0 Å². The fourth-order valence-electron chi connectivity index (χ4n) is 4.74. The van der Waals surface area contributed by atoms with Crippen LogP contribution in [0.3, 0.4) is 0 Å². The van der Waals surface area contributed by atoms with Gasteiger partial charge in [-0.1, -0.05) is 63.2 Å². The van der Waals surface area contributed by atoms with Gasteiger partial charge in [-0.2, -0.15) is 0 Å². The maximum absolute atomic E-state index is 13.4. The van der Waals surface area contributed by atoms with Crippen LogP contribution in [0, 0.1) is 5.92 Å². The molecule has 1 atom stereocenters. The van der Waals surface area contributed by atoms with Crippen LogP contribution in [0.5, 0.6) is 5.75 Å². The number of carboxylic acid groups (broad SMARTS) is 1. The molecule has 4 rings (SSSR count). The van der Waals surface area contributed by atoms with E-state index in [-0.39, 0.29) is 18.3 Å². The third kappa shape index (κ3) is 6.48. The number of carboxylic acids is 1. The lowest BCUT2D eigenvalue weighted by molar-refractivity contribution is -0.137. The van der Waals surface area contributed by atoms with E-state index in [4.69, 9.17) is 9.84 Å². The summed E-state index contributed by atoms with van der Waals surface area (Å²) in [6.45, 7) is 7.10. The molecule has 192 valence electrons. The third-order valence-electron chi connectivity index (χ3n) is 6.58. The van der Waals surface area contributed by atoms with Gasteiger partial charge < -0.3 is 14.4 Å². The molecule has 5 heteroatoms. The van der Waals surface area contributed by atoms with E-state index in [1.165, 1.54) is 5.56 Å². The zero-order valence-corrected chi connectivity index (χ0v) is 21.8. The lowest BCUT2D eigenvalue weighted by Gasteiger charge is -2.19. The summed E-state index contributed by atoms with van der Waals surface area (Å²) in [5.74, 6) is 0.473. The van der Waals surface area contributed by atoms with Crippen molar-refractivity contribution >= 4 is 22.7 Å². The van der Waals surface area contributed by atoms with Crippen LogP contribution in [0.1, 0.15) is 73.2 Å². The van der Waals surface area contributed by atoms with Gasteiger partial charge in [-0.05, 0) is 66.6 Å². The van der Waals surface area contributed by atoms with Crippen molar-refractivity contribution < 1.29 is 19.4 Å². The highest BCUT2D eigenvalue weighted by molar-refractivity contribution is 6.16. The van der Waals surface area contributed by atoms with Gasteiger partial charge in [-0.15, -0.1) is 0 Å². The third-order valence-corrected chi connectivity index (χ3v) is 6.58. The first-order chi connectivity index (χ1) is 17.9. The van der Waals surface area contributed by atoms with Crippen LogP contribution in [0.2, 0.25) is 0 Å². The minimum absolute atomic E-state index is 0.0570. The average molecular weight is 498 g/mol. The van der Waals surface area contributed by atoms with E-state index in [0.717, 1.165) is 35.1 Å². The SMILES string of the molecule is CCC(Oc1ccc(C(=O)c2cn(CCCC(=O)O)c3ccccc23)cc1)c1ccc(CC(C)C)cc1. The van der Waals surface area contributed by atoms with E-state index in [1.807, 2.05) is 59.3 Å². The summed E-state index contributed by atoms with van der Waals surface area (Å²) in [5, 5.41) is 9.84. The van der Waals surface area contributed by atoms with Gasteiger partial charge in [0.1, 0.15) is 11.9 Å². The van der Waals surface area contributed by atoms with Crippen molar-refractivity contribution in [2.75, 3.05) is 0 Å². The molecule has 0 radical (unpaired) electrons. The van der Waals surface area contributed by atoms with Gasteiger partial charge in [0.25, 0.3) is 0 Å². The van der Waals surface area contributed by atoms with Gasteiger partial charge >= 0.3 is 5.97 Å². The van der Waals surface area contributed by atoms with Crippen molar-refractivity contribution in [1.29, 1.82) is 0 Å². The fourth-order valence-corrected chi connectivity index (χ4v) is 4.74. The van der Waals surface area contributed by atoms with Crippen molar-refractivity contribution in [3.05, 3.63) is 101 Å². The van der Waals surface area contributed by atoms with Crippen LogP contribution in [0.15, 0.2) is 79.0 Å². The summed E-state index contributed by atoms with van der Waals surface area (Å²) in [4.78, 5) is 24.3. The van der Waals surface area contributed by atoms with Crippen LogP contribution in [0.4, 0.5) is 0 Å². The summed E-state index contributed by atoms with van der Waals surface area (Å²) in [6.07, 6.45) is 4.29. The highest BCUT2D eigenvalue weighted by atomic mass is 16.5. The number of hydrogen-bond acceptors (Lipinski definition) is 3. The number of carbonyl (C=O) groups is 2. The molecule has 0 aliphatic carbocycles. The Hall–Kier alpha value is -3.86. The van der Waals surface area contributed by atoms with Gasteiger partial charge in [-0.3, -0.25) is 9.59 Å². The molecule has 0 aliphatic rings. The Morgan fingerprint density at radius 1 is 0.946 bits per heavy atom. The lowest BCUT2D eigenvalue weighted by Crippen LogP contribution is -2.07. The highest BCUT2D eigenvalue weighted by Gasteiger charge is 2.18. The minimum atomic E-state index is -0.816. The summed E-state index contributed by atoms with van der Waals surface area (Å²) in [5.41, 5.74) is 4.62. The van der Waals surface area contributed by atoms with Crippen LogP contribution in [-0.2, 0) is 17.8 Å². The molecule has 3 aromatic carbocycles. The predicted octanol–water partition coefficient (Wildman–Crippen LogP) is 7.47. The maximum Gasteiger partial charge on any atom is 0.303 e. The Morgan fingerprint density at radius 3 is 2.30 bits per heavy atom. The molecule has 1 aromatic heterocycles. The van der Waals surface area contributed by atoms with Crippen molar-refractivity contribution in [1.82, 2.24) is 4.57 Å². The Balaban J connectivity index is 1.49. The van der Waals surface area contributed by atoms with Gasteiger partial charge in [0.15, 0.2) is 5.78 Å². The molecular formula is C32H35NO4. The summed E-state index contributed by atoms with van der Waals surface area (Å²) in [6, 6.07) is 23.7. The van der Waals surface area contributed by atoms with E-state index in [1.54, 1.807) is 0 Å². The predicted molar refractivity (Wildman–Crippen MR) is 147 cm³/mol. The second kappa shape index (κ2) is 11.9. The van der Waals surface area contributed by atoms with Crippen molar-refractivity contribution in [2.24, 2.45) is 5.92 Å². The second-order valence-electron chi connectivity index (χ2n) is 9.96. The number of aromatic nitrogens is 1. The van der Waals surface area contributed by atoms with Gasteiger partial charge in [0.05, 0.1) is 0 Å². The quantitative estimate of drug-likeness (QED) is 0.206. The number of ketones is 1. The standard InChI is InChI=1S/C32H35NO4/c1-4-30(24-13-11-23(12-14-24)20-22(2)3)37-26-17-15-25(16-18-26)32(36)28-21-33(19-7-10-31(34)35)29-9-6-5-8-27(28)29/h5-6,8-9,11-18,21-22,30H,4,7,10,19-20H2,1-3H3,(H,34,35). The largest absolute Gasteiger partial charge is 0.486 e. The lowest BCUT2D eigenvalue weighted by atomic mass is 9.99. The van der Waals surface area contributed by atoms with Crippen LogP contribution in [-0.4, -0.2) is 21.4 Å². The van der Waals surface area contributed by atoms with Gasteiger partial charge in [0.2, 0.25) is 0 Å². The second-order valence-corrected chi connectivity index (χ2v) is 9.96. The number of para-hydroxylation sites is 1. The van der Waals surface area contributed by atoms with Crippen LogP contribution in [0.25, 0.3) is 10.9 Å². The van der Waals surface area contributed by atoms with Gasteiger partial charge in [-0.25, -0.2) is 0 Å². The molecule has 5 nitrogen and oxygen atoms in total. The number of carbonyl (C=O) groups excluding carboxylic acids is 1. The molecule has 0 amide bonds. The average Bonchev–Trinajstić information content (AvgIpc) is 3.26. The first-order valence-electron chi connectivity index (χ1n) is 13.1. The molecule has 37 heavy (non-hydrogen) atoms. The van der Waals surface area contributed by atoms with Crippen LogP contribution >= 0.6 is 0 Å². The van der Waals surface area contributed by atoms with E-state index in [9.17, 15) is 9.59 Å². The van der Waals surface area contributed by atoms with E-state index >= 15 is 0 Å². The number of ether oxygens (including phenoxy) is 1. The number of aryl methyl sites for hydroxylation is 1.